The number of Topliss-reactive ketones (excluding diaryl/α,β-unsaturated/α-hetero) is 2. The highest BCUT2D eigenvalue weighted by atomic mass is 16.3. The van der Waals surface area contributed by atoms with Crippen LogP contribution in [0.25, 0.3) is 0 Å². The van der Waals surface area contributed by atoms with E-state index in [0.29, 0.717) is 24.3 Å². The van der Waals surface area contributed by atoms with E-state index in [1.54, 1.807) is 0 Å². The molecule has 0 heterocycles. The number of unbranched alkanes of at least 4 members (excludes halogenated alkanes) is 8. The SMILES string of the molecule is CCCCCCCc1cc(CC(Cc2cc(CCCCCCC)c(O)c(C(C)(C)C)c2)(C(=O)CC)C(=O)CC)cc(C(C)(C)C)c1O. The Balaban J connectivity index is 2.69. The van der Waals surface area contributed by atoms with Crippen molar-refractivity contribution in [3.8, 4) is 11.5 Å². The van der Waals surface area contributed by atoms with Crippen molar-refractivity contribution in [3.05, 3.63) is 57.6 Å². The summed E-state index contributed by atoms with van der Waals surface area (Å²) in [5.74, 6) is 0.621. The molecule has 0 saturated carbocycles. The number of aromatic hydroxyl groups is 2. The van der Waals surface area contributed by atoms with Gasteiger partial charge in [0.1, 0.15) is 23.1 Å². The Bertz CT molecular complexity index is 1200. The van der Waals surface area contributed by atoms with Crippen molar-refractivity contribution in [1.82, 2.24) is 0 Å². The fraction of sp³-hybridized carbons (Fsp3) is 0.674. The zero-order chi connectivity index (χ0) is 35.4. The largest absolute Gasteiger partial charge is 0.507 e. The first-order valence-corrected chi connectivity index (χ1v) is 18.8. The number of hydrogen-bond acceptors (Lipinski definition) is 4. The van der Waals surface area contributed by atoms with Crippen molar-refractivity contribution in [2.75, 3.05) is 0 Å². The zero-order valence-electron chi connectivity index (χ0n) is 31.8. The average molecular weight is 649 g/mol. The van der Waals surface area contributed by atoms with E-state index in [1.807, 2.05) is 26.0 Å². The molecule has 2 rings (SSSR count). The molecule has 0 aliphatic heterocycles. The van der Waals surface area contributed by atoms with Gasteiger partial charge in [0.05, 0.1) is 5.41 Å². The molecule has 0 saturated heterocycles. The first-order chi connectivity index (χ1) is 22.0. The summed E-state index contributed by atoms with van der Waals surface area (Å²) in [6, 6.07) is 8.19. The molecule has 0 aliphatic rings. The number of benzene rings is 2. The van der Waals surface area contributed by atoms with Crippen LogP contribution in [0.5, 0.6) is 11.5 Å². The van der Waals surface area contributed by atoms with Crippen LogP contribution in [0, 0.1) is 5.41 Å². The first-order valence-electron chi connectivity index (χ1n) is 18.8. The lowest BCUT2D eigenvalue weighted by Gasteiger charge is -2.33. The van der Waals surface area contributed by atoms with Crippen LogP contribution >= 0.6 is 0 Å². The van der Waals surface area contributed by atoms with Crippen LogP contribution < -0.4 is 0 Å². The molecule has 4 nitrogen and oxygen atoms in total. The third-order valence-electron chi connectivity index (χ3n) is 9.93. The lowest BCUT2D eigenvalue weighted by atomic mass is 9.67. The third-order valence-corrected chi connectivity index (χ3v) is 9.93. The van der Waals surface area contributed by atoms with E-state index in [4.69, 9.17) is 0 Å². The van der Waals surface area contributed by atoms with E-state index in [9.17, 15) is 19.8 Å². The first kappa shape index (κ1) is 40.6. The Hall–Kier alpha value is -2.62. The maximum Gasteiger partial charge on any atom is 0.146 e. The van der Waals surface area contributed by atoms with Crippen molar-refractivity contribution in [2.24, 2.45) is 5.41 Å². The Morgan fingerprint density at radius 2 is 0.872 bits per heavy atom. The molecule has 0 spiro atoms. The van der Waals surface area contributed by atoms with Crippen molar-refractivity contribution in [3.63, 3.8) is 0 Å². The maximum atomic E-state index is 14.1. The number of phenolic OH excluding ortho intramolecular Hbond substituents is 2. The standard InChI is InChI=1S/C43H68O4/c1-11-15-17-19-21-23-33-25-31(27-35(39(33)46)41(5,6)7)29-43(37(44)13-3,38(45)14-4)30-32-26-34(24-22-20-18-16-12-2)40(47)36(28-32)42(8,9)10/h25-28,46-47H,11-24,29-30H2,1-10H3. The summed E-state index contributed by atoms with van der Waals surface area (Å²) in [6.07, 6.45) is 14.1. The Labute approximate surface area is 288 Å². The second-order valence-electron chi connectivity index (χ2n) is 16.1. The molecule has 264 valence electrons. The number of carbonyl (C=O) groups excluding carboxylic acids is 2. The second kappa shape index (κ2) is 18.2. The minimum Gasteiger partial charge on any atom is -0.507 e. The summed E-state index contributed by atoms with van der Waals surface area (Å²) in [7, 11) is 0. The predicted molar refractivity (Wildman–Crippen MR) is 199 cm³/mol. The number of phenols is 2. The van der Waals surface area contributed by atoms with Crippen LogP contribution in [-0.2, 0) is 46.1 Å². The van der Waals surface area contributed by atoms with Gasteiger partial charge in [0, 0.05) is 12.8 Å². The summed E-state index contributed by atoms with van der Waals surface area (Å²) < 4.78 is 0. The van der Waals surface area contributed by atoms with Gasteiger partial charge in [-0.05, 0) is 82.7 Å². The van der Waals surface area contributed by atoms with E-state index in [-0.39, 0.29) is 35.2 Å². The minimum absolute atomic E-state index is 0.0395. The molecule has 0 aliphatic carbocycles. The maximum absolute atomic E-state index is 14.1. The lowest BCUT2D eigenvalue weighted by Crippen LogP contribution is -2.43. The molecule has 0 unspecified atom stereocenters. The summed E-state index contributed by atoms with van der Waals surface area (Å²) in [4.78, 5) is 28.3. The van der Waals surface area contributed by atoms with E-state index < -0.39 is 5.41 Å². The van der Waals surface area contributed by atoms with E-state index in [0.717, 1.165) is 71.9 Å². The van der Waals surface area contributed by atoms with Gasteiger partial charge in [0.15, 0.2) is 0 Å². The van der Waals surface area contributed by atoms with Gasteiger partial charge in [0.2, 0.25) is 0 Å². The van der Waals surface area contributed by atoms with Gasteiger partial charge < -0.3 is 10.2 Å². The van der Waals surface area contributed by atoms with Crippen LogP contribution in [0.1, 0.15) is 180 Å². The monoisotopic (exact) mass is 649 g/mol. The van der Waals surface area contributed by atoms with Gasteiger partial charge in [-0.25, -0.2) is 0 Å². The van der Waals surface area contributed by atoms with E-state index >= 15 is 0 Å². The molecule has 4 heteroatoms. The van der Waals surface area contributed by atoms with Crippen molar-refractivity contribution < 1.29 is 19.8 Å². The topological polar surface area (TPSA) is 74.6 Å². The highest BCUT2D eigenvalue weighted by Crippen LogP contribution is 2.41. The van der Waals surface area contributed by atoms with Gasteiger partial charge in [-0.3, -0.25) is 9.59 Å². The van der Waals surface area contributed by atoms with Gasteiger partial charge in [-0.1, -0.05) is 145 Å². The summed E-state index contributed by atoms with van der Waals surface area (Å²) in [5, 5.41) is 22.8. The lowest BCUT2D eigenvalue weighted by molar-refractivity contribution is -0.140. The Kier molecular flexibility index (Phi) is 15.7. The molecular weight excluding hydrogens is 580 g/mol. The van der Waals surface area contributed by atoms with Crippen molar-refractivity contribution in [2.45, 2.75) is 183 Å². The van der Waals surface area contributed by atoms with Crippen LogP contribution in [0.4, 0.5) is 0 Å². The number of hydrogen-bond donors (Lipinski definition) is 2. The number of aryl methyl sites for hydroxylation is 2. The van der Waals surface area contributed by atoms with E-state index in [2.05, 4.69) is 67.5 Å². The fourth-order valence-electron chi connectivity index (χ4n) is 7.07. The van der Waals surface area contributed by atoms with E-state index in [1.165, 1.54) is 38.5 Å². The fourth-order valence-corrected chi connectivity index (χ4v) is 7.07. The number of ketones is 2. The molecular formula is C43H68O4. The molecule has 0 aromatic heterocycles. The summed E-state index contributed by atoms with van der Waals surface area (Å²) in [6.45, 7) is 20.8. The molecule has 2 aromatic rings. The Morgan fingerprint density at radius 3 is 1.17 bits per heavy atom. The predicted octanol–water partition coefficient (Wildman–Crippen LogP) is 11.4. The second-order valence-corrected chi connectivity index (χ2v) is 16.1. The van der Waals surface area contributed by atoms with Crippen LogP contribution in [0.3, 0.4) is 0 Å². The molecule has 0 amide bonds. The van der Waals surface area contributed by atoms with Crippen molar-refractivity contribution in [1.29, 1.82) is 0 Å². The number of carbonyl (C=O) groups is 2. The van der Waals surface area contributed by atoms with Crippen molar-refractivity contribution >= 4 is 11.6 Å². The van der Waals surface area contributed by atoms with Gasteiger partial charge >= 0.3 is 0 Å². The molecule has 2 aromatic carbocycles. The van der Waals surface area contributed by atoms with Gasteiger partial charge in [0.25, 0.3) is 0 Å². The third kappa shape index (κ3) is 11.2. The van der Waals surface area contributed by atoms with Gasteiger partial charge in [-0.15, -0.1) is 0 Å². The normalized spacial score (nSPS) is 12.5. The highest BCUT2D eigenvalue weighted by Gasteiger charge is 2.44. The van der Waals surface area contributed by atoms with Crippen LogP contribution in [0.2, 0.25) is 0 Å². The molecule has 0 atom stereocenters. The molecule has 0 radical (unpaired) electrons. The summed E-state index contributed by atoms with van der Waals surface area (Å²) in [5.41, 5.74) is 3.61. The highest BCUT2D eigenvalue weighted by molar-refractivity contribution is 6.07. The summed E-state index contributed by atoms with van der Waals surface area (Å²) >= 11 is 0. The number of rotatable bonds is 20. The average Bonchev–Trinajstić information content (AvgIpc) is 3.00. The quantitative estimate of drug-likeness (QED) is 0.111. The zero-order valence-corrected chi connectivity index (χ0v) is 31.8. The molecule has 2 N–H and O–H groups in total. The minimum atomic E-state index is -1.22. The smallest absolute Gasteiger partial charge is 0.146 e. The van der Waals surface area contributed by atoms with Crippen LogP contribution in [0.15, 0.2) is 24.3 Å². The molecule has 47 heavy (non-hydrogen) atoms. The Morgan fingerprint density at radius 1 is 0.532 bits per heavy atom. The molecule has 0 fully saturated rings. The van der Waals surface area contributed by atoms with Crippen LogP contribution in [-0.4, -0.2) is 21.8 Å². The molecule has 0 bridgehead atoms. The van der Waals surface area contributed by atoms with Gasteiger partial charge in [-0.2, -0.15) is 0 Å².